The molecule has 2 aromatic rings. The van der Waals surface area contributed by atoms with Crippen LogP contribution < -0.4 is 5.32 Å². The van der Waals surface area contributed by atoms with Gasteiger partial charge in [0.05, 0.1) is 19.4 Å². The van der Waals surface area contributed by atoms with Crippen LogP contribution in [0.15, 0.2) is 22.8 Å². The fourth-order valence-electron chi connectivity index (χ4n) is 3.75. The van der Waals surface area contributed by atoms with E-state index in [9.17, 15) is 4.79 Å². The number of fused-ring (bicyclic) bond motifs is 1. The summed E-state index contributed by atoms with van der Waals surface area (Å²) in [7, 11) is 0. The number of amides is 1. The van der Waals surface area contributed by atoms with Gasteiger partial charge in [-0.1, -0.05) is 12.8 Å². The molecule has 1 N–H and O–H groups in total. The molecule has 2 aliphatic rings. The molecule has 3 heterocycles. The lowest BCUT2D eigenvalue weighted by atomic mass is 9.98. The normalized spacial score (nSPS) is 24.0. The van der Waals surface area contributed by atoms with Crippen molar-refractivity contribution in [3.8, 4) is 0 Å². The zero-order valence-corrected chi connectivity index (χ0v) is 13.8. The number of hydrogen-bond donors (Lipinski definition) is 1. The molecule has 0 radical (unpaired) electrons. The number of aromatic nitrogens is 3. The maximum Gasteiger partial charge on any atom is 0.248 e. The molecule has 4 rings (SSSR count). The molecular formula is C17H22N4O3. The molecule has 24 heavy (non-hydrogen) atoms. The summed E-state index contributed by atoms with van der Waals surface area (Å²) in [6, 6.07) is 3.65. The van der Waals surface area contributed by atoms with Crippen molar-refractivity contribution < 1.29 is 13.9 Å². The highest BCUT2D eigenvalue weighted by molar-refractivity contribution is 5.84. The van der Waals surface area contributed by atoms with Gasteiger partial charge in [0.1, 0.15) is 23.7 Å². The lowest BCUT2D eigenvalue weighted by Crippen LogP contribution is -2.53. The molecular weight excluding hydrogens is 308 g/mol. The quantitative estimate of drug-likeness (QED) is 0.928. The van der Waals surface area contributed by atoms with E-state index in [2.05, 4.69) is 15.5 Å². The van der Waals surface area contributed by atoms with Gasteiger partial charge in [0.2, 0.25) is 5.91 Å². The van der Waals surface area contributed by atoms with Crippen LogP contribution in [0.1, 0.15) is 55.9 Å². The van der Waals surface area contributed by atoms with Gasteiger partial charge in [0.25, 0.3) is 0 Å². The minimum Gasteiger partial charge on any atom is -0.467 e. The molecule has 1 atom stereocenters. The van der Waals surface area contributed by atoms with Crippen LogP contribution in [0.2, 0.25) is 0 Å². The van der Waals surface area contributed by atoms with Gasteiger partial charge >= 0.3 is 0 Å². The molecule has 1 aliphatic carbocycles. The highest BCUT2D eigenvalue weighted by Crippen LogP contribution is 2.37. The highest BCUT2D eigenvalue weighted by Gasteiger charge is 2.43. The van der Waals surface area contributed by atoms with Crippen LogP contribution in [0.3, 0.4) is 0 Å². The van der Waals surface area contributed by atoms with Crippen molar-refractivity contribution in [3.05, 3.63) is 35.8 Å². The zero-order valence-electron chi connectivity index (χ0n) is 13.8. The monoisotopic (exact) mass is 330 g/mol. The number of nitrogens with one attached hydrogen (secondary N) is 1. The smallest absolute Gasteiger partial charge is 0.248 e. The first-order valence-corrected chi connectivity index (χ1v) is 8.51. The third kappa shape index (κ3) is 2.53. The van der Waals surface area contributed by atoms with Crippen molar-refractivity contribution in [3.63, 3.8) is 0 Å². The van der Waals surface area contributed by atoms with Crippen molar-refractivity contribution in [2.75, 3.05) is 6.61 Å². The topological polar surface area (TPSA) is 82.2 Å². The first kappa shape index (κ1) is 15.4. The second kappa shape index (κ2) is 6.05. The molecule has 7 heteroatoms. The van der Waals surface area contributed by atoms with Crippen molar-refractivity contribution in [1.82, 2.24) is 20.1 Å². The van der Waals surface area contributed by atoms with Gasteiger partial charge < -0.3 is 14.5 Å². The van der Waals surface area contributed by atoms with E-state index in [1.165, 1.54) is 12.8 Å². The third-order valence-corrected chi connectivity index (χ3v) is 5.08. The second-order valence-corrected chi connectivity index (χ2v) is 6.82. The molecule has 1 amide bonds. The van der Waals surface area contributed by atoms with Crippen LogP contribution in [0.5, 0.6) is 0 Å². The van der Waals surface area contributed by atoms with Crippen LogP contribution in [0, 0.1) is 0 Å². The Morgan fingerprint density at radius 1 is 1.42 bits per heavy atom. The Labute approximate surface area is 140 Å². The average Bonchev–Trinajstić information content (AvgIpc) is 3.32. The summed E-state index contributed by atoms with van der Waals surface area (Å²) in [5.74, 6) is 2.68. The summed E-state index contributed by atoms with van der Waals surface area (Å²) in [5, 5.41) is 11.6. The molecule has 0 bridgehead atoms. The summed E-state index contributed by atoms with van der Waals surface area (Å²) in [4.78, 5) is 12.9. The van der Waals surface area contributed by atoms with E-state index >= 15 is 0 Å². The summed E-state index contributed by atoms with van der Waals surface area (Å²) in [6.07, 6.45) is 6.25. The minimum atomic E-state index is -0.832. The second-order valence-electron chi connectivity index (χ2n) is 6.82. The molecule has 1 saturated carbocycles. The molecule has 0 aromatic carbocycles. The number of furan rings is 1. The molecule has 1 aliphatic heterocycles. The van der Waals surface area contributed by atoms with E-state index in [0.717, 1.165) is 30.3 Å². The van der Waals surface area contributed by atoms with E-state index in [0.29, 0.717) is 25.7 Å². The third-order valence-electron chi connectivity index (χ3n) is 5.08. The lowest BCUT2D eigenvalue weighted by molar-refractivity contribution is -0.135. The van der Waals surface area contributed by atoms with Gasteiger partial charge in [-0.3, -0.25) is 9.36 Å². The van der Waals surface area contributed by atoms with Crippen molar-refractivity contribution in [1.29, 1.82) is 0 Å². The van der Waals surface area contributed by atoms with E-state index in [1.54, 1.807) is 6.26 Å². The Morgan fingerprint density at radius 3 is 3.00 bits per heavy atom. The number of carbonyl (C=O) groups excluding carboxylic acids is 1. The SMILES string of the molecule is CC1(C(=O)NCc2ccco2)COCc2nnc(C3CCCC3)n21. The first-order valence-electron chi connectivity index (χ1n) is 8.51. The largest absolute Gasteiger partial charge is 0.467 e. The first-order chi connectivity index (χ1) is 11.7. The van der Waals surface area contributed by atoms with Gasteiger partial charge in [-0.2, -0.15) is 0 Å². The fraction of sp³-hybridized carbons (Fsp3) is 0.588. The van der Waals surface area contributed by atoms with E-state index in [4.69, 9.17) is 9.15 Å². The fourth-order valence-corrected chi connectivity index (χ4v) is 3.75. The van der Waals surface area contributed by atoms with Crippen LogP contribution in [0.4, 0.5) is 0 Å². The molecule has 1 unspecified atom stereocenters. The van der Waals surface area contributed by atoms with Crippen LogP contribution >= 0.6 is 0 Å². The number of hydrogen-bond acceptors (Lipinski definition) is 5. The van der Waals surface area contributed by atoms with E-state index < -0.39 is 5.54 Å². The molecule has 0 spiro atoms. The summed E-state index contributed by atoms with van der Waals surface area (Å²) in [6.45, 7) is 2.98. The van der Waals surface area contributed by atoms with Crippen molar-refractivity contribution >= 4 is 5.91 Å². The van der Waals surface area contributed by atoms with Gasteiger partial charge in [0.15, 0.2) is 5.82 Å². The Hall–Kier alpha value is -2.15. The Kier molecular flexibility index (Phi) is 3.88. The number of carbonyl (C=O) groups is 1. The van der Waals surface area contributed by atoms with Crippen LogP contribution in [-0.2, 0) is 28.2 Å². The molecule has 128 valence electrons. The van der Waals surface area contributed by atoms with E-state index in [1.807, 2.05) is 23.6 Å². The summed E-state index contributed by atoms with van der Waals surface area (Å²) in [5.41, 5.74) is -0.832. The lowest BCUT2D eigenvalue weighted by Gasteiger charge is -2.35. The van der Waals surface area contributed by atoms with Crippen molar-refractivity contribution in [2.24, 2.45) is 0 Å². The predicted molar refractivity (Wildman–Crippen MR) is 85.1 cm³/mol. The molecule has 2 aromatic heterocycles. The molecule has 7 nitrogen and oxygen atoms in total. The minimum absolute atomic E-state index is 0.0982. The Balaban J connectivity index is 1.61. The summed E-state index contributed by atoms with van der Waals surface area (Å²) >= 11 is 0. The highest BCUT2D eigenvalue weighted by atomic mass is 16.5. The van der Waals surface area contributed by atoms with Crippen LogP contribution in [-0.4, -0.2) is 27.3 Å². The van der Waals surface area contributed by atoms with Gasteiger partial charge in [-0.05, 0) is 31.9 Å². The standard InChI is InChI=1S/C17H22N4O3/c1-17(16(22)18-9-13-7-4-8-24-13)11-23-10-14-19-20-15(21(14)17)12-5-2-3-6-12/h4,7-8,12H,2-3,5-6,9-11H2,1H3,(H,18,22). The maximum absolute atomic E-state index is 12.9. The predicted octanol–water partition coefficient (Wildman–Crippen LogP) is 2.09. The summed E-state index contributed by atoms with van der Waals surface area (Å²) < 4.78 is 12.9. The number of rotatable bonds is 4. The Bertz CT molecular complexity index is 718. The number of nitrogens with zero attached hydrogens (tertiary/aromatic N) is 3. The average molecular weight is 330 g/mol. The van der Waals surface area contributed by atoms with E-state index in [-0.39, 0.29) is 5.91 Å². The maximum atomic E-state index is 12.9. The van der Waals surface area contributed by atoms with Crippen LogP contribution in [0.25, 0.3) is 0 Å². The number of ether oxygens (including phenoxy) is 1. The molecule has 0 saturated heterocycles. The molecule has 1 fully saturated rings. The van der Waals surface area contributed by atoms with Gasteiger partial charge in [-0.25, -0.2) is 0 Å². The van der Waals surface area contributed by atoms with Crippen molar-refractivity contribution in [2.45, 2.75) is 57.2 Å². The van der Waals surface area contributed by atoms with Gasteiger partial charge in [-0.15, -0.1) is 10.2 Å². The van der Waals surface area contributed by atoms with Gasteiger partial charge in [0, 0.05) is 5.92 Å². The Morgan fingerprint density at radius 2 is 2.25 bits per heavy atom. The zero-order chi connectivity index (χ0) is 16.6.